The fourth-order valence-electron chi connectivity index (χ4n) is 1.85. The van der Waals surface area contributed by atoms with Crippen molar-refractivity contribution in [3.05, 3.63) is 54.1 Å². The van der Waals surface area contributed by atoms with Gasteiger partial charge in [0.25, 0.3) is 5.91 Å². The van der Waals surface area contributed by atoms with E-state index in [2.05, 4.69) is 0 Å². The third kappa shape index (κ3) is 3.09. The summed E-state index contributed by atoms with van der Waals surface area (Å²) in [5, 5.41) is 9.26. The lowest BCUT2D eigenvalue weighted by molar-refractivity contribution is 0.0993. The molecule has 0 bridgehead atoms. The highest BCUT2D eigenvalue weighted by molar-refractivity contribution is 6.05. The molecule has 20 heavy (non-hydrogen) atoms. The molecular weight excluding hydrogens is 254 g/mol. The van der Waals surface area contributed by atoms with Crippen molar-refractivity contribution in [3.63, 3.8) is 0 Å². The highest BCUT2D eigenvalue weighted by atomic mass is 16.5. The zero-order chi connectivity index (χ0) is 14.5. The number of ether oxygens (including phenoxy) is 1. The summed E-state index contributed by atoms with van der Waals surface area (Å²) >= 11 is 0. The maximum absolute atomic E-state index is 12.3. The molecule has 1 amide bonds. The molecule has 1 N–H and O–H groups in total. The molecule has 104 valence electrons. The predicted molar refractivity (Wildman–Crippen MR) is 78.5 cm³/mol. The van der Waals surface area contributed by atoms with Crippen LogP contribution in [-0.4, -0.2) is 24.7 Å². The Balaban J connectivity index is 2.15. The molecule has 0 fully saturated rings. The molecule has 0 unspecified atom stereocenters. The number of hydrogen-bond acceptors (Lipinski definition) is 3. The van der Waals surface area contributed by atoms with Crippen molar-refractivity contribution in [2.75, 3.05) is 18.6 Å². The Labute approximate surface area is 118 Å². The van der Waals surface area contributed by atoms with Crippen LogP contribution in [0.25, 0.3) is 0 Å². The number of hydrogen-bond donors (Lipinski definition) is 1. The van der Waals surface area contributed by atoms with E-state index >= 15 is 0 Å². The summed E-state index contributed by atoms with van der Waals surface area (Å²) in [6.07, 6.45) is 0. The lowest BCUT2D eigenvalue weighted by Gasteiger charge is -2.17. The second-order valence-electron chi connectivity index (χ2n) is 4.34. The summed E-state index contributed by atoms with van der Waals surface area (Å²) in [5.74, 6) is 0.811. The molecule has 0 aromatic heterocycles. The molecule has 0 spiro atoms. The fourth-order valence-corrected chi connectivity index (χ4v) is 1.85. The van der Waals surface area contributed by atoms with Crippen LogP contribution in [0.1, 0.15) is 17.3 Å². The lowest BCUT2D eigenvalue weighted by Crippen LogP contribution is -2.26. The number of phenols is 1. The first-order valence-corrected chi connectivity index (χ1v) is 6.41. The van der Waals surface area contributed by atoms with Crippen molar-refractivity contribution in [1.29, 1.82) is 0 Å². The number of nitrogens with zero attached hydrogens (tertiary/aromatic N) is 1. The zero-order valence-electron chi connectivity index (χ0n) is 11.5. The second-order valence-corrected chi connectivity index (χ2v) is 4.34. The number of rotatable bonds is 4. The average Bonchev–Trinajstić information content (AvgIpc) is 2.48. The molecule has 0 aliphatic heterocycles. The molecule has 0 saturated carbocycles. The Morgan fingerprint density at radius 2 is 1.70 bits per heavy atom. The van der Waals surface area contributed by atoms with E-state index in [1.54, 1.807) is 55.6 Å². The molecule has 0 aliphatic carbocycles. The summed E-state index contributed by atoms with van der Waals surface area (Å²) in [6, 6.07) is 13.5. The minimum Gasteiger partial charge on any atom is -0.508 e. The summed E-state index contributed by atoms with van der Waals surface area (Å²) < 4.78 is 5.35. The van der Waals surface area contributed by atoms with Crippen molar-refractivity contribution in [2.24, 2.45) is 0 Å². The van der Waals surface area contributed by atoms with Gasteiger partial charge in [-0.3, -0.25) is 4.79 Å². The maximum Gasteiger partial charge on any atom is 0.258 e. The van der Waals surface area contributed by atoms with Gasteiger partial charge >= 0.3 is 0 Å². The Morgan fingerprint density at radius 3 is 2.25 bits per heavy atom. The van der Waals surface area contributed by atoms with E-state index in [1.807, 2.05) is 6.92 Å². The standard InChI is InChI=1S/C16H17NO3/c1-3-20-15-10-4-12(5-11-15)16(19)17(2)13-6-8-14(18)9-7-13/h4-11,18H,3H2,1-2H3. The maximum atomic E-state index is 12.3. The van der Waals surface area contributed by atoms with Crippen LogP contribution in [0, 0.1) is 0 Å². The van der Waals surface area contributed by atoms with E-state index in [-0.39, 0.29) is 11.7 Å². The third-order valence-corrected chi connectivity index (χ3v) is 2.95. The Morgan fingerprint density at radius 1 is 1.10 bits per heavy atom. The van der Waals surface area contributed by atoms with Crippen LogP contribution in [-0.2, 0) is 0 Å². The molecule has 0 heterocycles. The van der Waals surface area contributed by atoms with E-state index < -0.39 is 0 Å². The fraction of sp³-hybridized carbons (Fsp3) is 0.188. The molecular formula is C16H17NO3. The molecule has 4 heteroatoms. The molecule has 0 aliphatic rings. The number of aromatic hydroxyl groups is 1. The van der Waals surface area contributed by atoms with E-state index in [1.165, 1.54) is 4.90 Å². The number of carbonyl (C=O) groups is 1. The highest BCUT2D eigenvalue weighted by Crippen LogP contribution is 2.20. The SMILES string of the molecule is CCOc1ccc(C(=O)N(C)c2ccc(O)cc2)cc1. The molecule has 0 atom stereocenters. The second kappa shape index (κ2) is 6.10. The van der Waals surface area contributed by atoms with Crippen molar-refractivity contribution in [2.45, 2.75) is 6.92 Å². The first kappa shape index (κ1) is 13.9. The summed E-state index contributed by atoms with van der Waals surface area (Å²) in [5.41, 5.74) is 1.31. The number of benzene rings is 2. The quantitative estimate of drug-likeness (QED) is 0.929. The van der Waals surface area contributed by atoms with Gasteiger partial charge in [0.1, 0.15) is 11.5 Å². The van der Waals surface area contributed by atoms with Gasteiger partial charge in [-0.1, -0.05) is 0 Å². The van der Waals surface area contributed by atoms with Gasteiger partial charge in [0.15, 0.2) is 0 Å². The van der Waals surface area contributed by atoms with Crippen LogP contribution in [0.3, 0.4) is 0 Å². The first-order valence-electron chi connectivity index (χ1n) is 6.41. The molecule has 2 rings (SSSR count). The monoisotopic (exact) mass is 271 g/mol. The normalized spacial score (nSPS) is 10.1. The van der Waals surface area contributed by atoms with Crippen molar-refractivity contribution in [1.82, 2.24) is 0 Å². The molecule has 0 saturated heterocycles. The van der Waals surface area contributed by atoms with E-state index in [0.717, 1.165) is 11.4 Å². The minimum atomic E-state index is -0.112. The Kier molecular flexibility index (Phi) is 4.25. The van der Waals surface area contributed by atoms with Gasteiger partial charge in [-0.05, 0) is 55.5 Å². The van der Waals surface area contributed by atoms with Gasteiger partial charge in [0.2, 0.25) is 0 Å². The lowest BCUT2D eigenvalue weighted by atomic mass is 10.2. The van der Waals surface area contributed by atoms with Crippen LogP contribution < -0.4 is 9.64 Å². The van der Waals surface area contributed by atoms with Crippen LogP contribution in [0.5, 0.6) is 11.5 Å². The van der Waals surface area contributed by atoms with Crippen molar-refractivity contribution in [3.8, 4) is 11.5 Å². The average molecular weight is 271 g/mol. The van der Waals surface area contributed by atoms with Crippen molar-refractivity contribution >= 4 is 11.6 Å². The molecule has 2 aromatic rings. The number of phenolic OH excluding ortho intramolecular Hbond substituents is 1. The summed E-state index contributed by atoms with van der Waals surface area (Å²) in [6.45, 7) is 2.51. The number of amides is 1. The topological polar surface area (TPSA) is 49.8 Å². The van der Waals surface area contributed by atoms with Gasteiger partial charge in [-0.15, -0.1) is 0 Å². The van der Waals surface area contributed by atoms with Crippen LogP contribution >= 0.6 is 0 Å². The summed E-state index contributed by atoms with van der Waals surface area (Å²) in [7, 11) is 1.70. The van der Waals surface area contributed by atoms with Gasteiger partial charge in [-0.2, -0.15) is 0 Å². The van der Waals surface area contributed by atoms with Gasteiger partial charge in [0.05, 0.1) is 6.61 Å². The highest BCUT2D eigenvalue weighted by Gasteiger charge is 2.13. The minimum absolute atomic E-state index is 0.112. The zero-order valence-corrected chi connectivity index (χ0v) is 11.5. The molecule has 0 radical (unpaired) electrons. The molecule has 4 nitrogen and oxygen atoms in total. The summed E-state index contributed by atoms with van der Waals surface area (Å²) in [4.78, 5) is 13.9. The van der Waals surface area contributed by atoms with E-state index in [0.29, 0.717) is 12.2 Å². The van der Waals surface area contributed by atoms with Gasteiger partial charge in [-0.25, -0.2) is 0 Å². The largest absolute Gasteiger partial charge is 0.508 e. The molecule has 2 aromatic carbocycles. The van der Waals surface area contributed by atoms with Gasteiger partial charge in [0, 0.05) is 18.3 Å². The first-order chi connectivity index (χ1) is 9.61. The van der Waals surface area contributed by atoms with Crippen LogP contribution in [0.4, 0.5) is 5.69 Å². The van der Waals surface area contributed by atoms with Crippen LogP contribution in [0.15, 0.2) is 48.5 Å². The van der Waals surface area contributed by atoms with E-state index in [9.17, 15) is 9.90 Å². The Hall–Kier alpha value is -2.49. The third-order valence-electron chi connectivity index (χ3n) is 2.95. The number of carbonyl (C=O) groups excluding carboxylic acids is 1. The van der Waals surface area contributed by atoms with E-state index in [4.69, 9.17) is 4.74 Å². The predicted octanol–water partition coefficient (Wildman–Crippen LogP) is 3.07. The van der Waals surface area contributed by atoms with Crippen molar-refractivity contribution < 1.29 is 14.6 Å². The smallest absolute Gasteiger partial charge is 0.258 e. The van der Waals surface area contributed by atoms with Gasteiger partial charge < -0.3 is 14.7 Å². The Bertz CT molecular complexity index is 576. The van der Waals surface area contributed by atoms with Crippen LogP contribution in [0.2, 0.25) is 0 Å². The number of anilines is 1.